The van der Waals surface area contributed by atoms with Gasteiger partial charge in [-0.1, -0.05) is 28.1 Å². The lowest BCUT2D eigenvalue weighted by molar-refractivity contribution is 1.61. The first-order valence-electron chi connectivity index (χ1n) is 3.39. The van der Waals surface area contributed by atoms with Crippen LogP contribution in [0.3, 0.4) is 0 Å². The Hall–Kier alpha value is 0.520. The molecule has 0 aliphatic heterocycles. The number of hydrogen-bond donors (Lipinski definition) is 0. The molecule has 1 aromatic rings. The molecule has 3 heteroatoms. The Bertz CT molecular complexity index is 296. The molecule has 0 aliphatic rings. The van der Waals surface area contributed by atoms with Crippen LogP contribution < -0.4 is 0 Å². The molecule has 0 unspecified atom stereocenters. The zero-order valence-corrected chi connectivity index (χ0v) is 11.1. The van der Waals surface area contributed by atoms with Gasteiger partial charge in [-0.15, -0.1) is 11.8 Å². The lowest BCUT2D eigenvalue weighted by Gasteiger charge is -1.95. The van der Waals surface area contributed by atoms with Crippen molar-refractivity contribution >= 4 is 56.4 Å². The van der Waals surface area contributed by atoms with E-state index in [1.807, 2.05) is 12.1 Å². The van der Waals surface area contributed by atoms with Crippen LogP contribution in [0.15, 0.2) is 31.7 Å². The first-order chi connectivity index (χ1) is 5.72. The molecule has 0 bridgehead atoms. The molecule has 64 valence electrons. The Morgan fingerprint density at radius 2 is 2.33 bits per heavy atom. The molecule has 1 rings (SSSR count). The van der Waals surface area contributed by atoms with E-state index in [4.69, 9.17) is 0 Å². The minimum atomic E-state index is 1.13. The van der Waals surface area contributed by atoms with Gasteiger partial charge in [-0.05, 0) is 52.6 Å². The van der Waals surface area contributed by atoms with Crippen molar-refractivity contribution in [2.24, 2.45) is 0 Å². The van der Waals surface area contributed by atoms with Gasteiger partial charge in [0.2, 0.25) is 0 Å². The van der Waals surface area contributed by atoms with Crippen molar-refractivity contribution in [3.05, 3.63) is 37.2 Å². The van der Waals surface area contributed by atoms with Gasteiger partial charge in [0.25, 0.3) is 0 Å². The maximum Gasteiger partial charge on any atom is 0.0460 e. The van der Waals surface area contributed by atoms with E-state index in [9.17, 15) is 0 Å². The molecule has 0 spiro atoms. The standard InChI is InChI=1S/C9H8BrIS/c1-12-9(11)6-7-3-2-4-8(10)5-7/h2-6H,1H3. The van der Waals surface area contributed by atoms with Gasteiger partial charge in [-0.3, -0.25) is 0 Å². The van der Waals surface area contributed by atoms with E-state index in [2.05, 4.69) is 63.0 Å². The zero-order chi connectivity index (χ0) is 8.97. The van der Waals surface area contributed by atoms with Gasteiger partial charge in [0.15, 0.2) is 0 Å². The Morgan fingerprint density at radius 3 is 2.92 bits per heavy atom. The molecule has 0 aromatic heterocycles. The normalized spacial score (nSPS) is 11.8. The maximum absolute atomic E-state index is 3.44. The molecule has 1 aromatic carbocycles. The summed E-state index contributed by atoms with van der Waals surface area (Å²) >= 11 is 7.52. The van der Waals surface area contributed by atoms with Gasteiger partial charge in [0, 0.05) is 7.38 Å². The molecule has 0 aliphatic carbocycles. The highest BCUT2D eigenvalue weighted by Crippen LogP contribution is 2.23. The van der Waals surface area contributed by atoms with Crippen molar-refractivity contribution < 1.29 is 0 Å². The Kier molecular flexibility index (Phi) is 4.68. The average Bonchev–Trinajstić information content (AvgIpc) is 2.04. The molecule has 0 nitrogen and oxygen atoms in total. The second-order valence-electron chi connectivity index (χ2n) is 2.21. The summed E-state index contributed by atoms with van der Waals surface area (Å²) in [5.74, 6) is 0. The highest BCUT2D eigenvalue weighted by molar-refractivity contribution is 14.1. The van der Waals surface area contributed by atoms with Crippen LogP contribution in [0.5, 0.6) is 0 Å². The smallest absolute Gasteiger partial charge is 0.0460 e. The molecule has 12 heavy (non-hydrogen) atoms. The van der Waals surface area contributed by atoms with Crippen LogP contribution in [-0.4, -0.2) is 6.26 Å². The van der Waals surface area contributed by atoms with Crippen LogP contribution in [0.1, 0.15) is 5.56 Å². The summed E-state index contributed by atoms with van der Waals surface area (Å²) in [5.41, 5.74) is 1.24. The Morgan fingerprint density at radius 1 is 1.58 bits per heavy atom. The monoisotopic (exact) mass is 354 g/mol. The van der Waals surface area contributed by atoms with Gasteiger partial charge >= 0.3 is 0 Å². The Balaban J connectivity index is 2.89. The first-order valence-corrected chi connectivity index (χ1v) is 6.49. The summed E-state index contributed by atoms with van der Waals surface area (Å²) in [4.78, 5) is 0. The molecular weight excluding hydrogens is 347 g/mol. The summed E-state index contributed by atoms with van der Waals surface area (Å²) < 4.78 is 2.42. The van der Waals surface area contributed by atoms with Crippen molar-refractivity contribution in [1.82, 2.24) is 0 Å². The van der Waals surface area contributed by atoms with Gasteiger partial charge in [-0.2, -0.15) is 0 Å². The molecule has 0 saturated carbocycles. The van der Waals surface area contributed by atoms with E-state index in [0.717, 1.165) is 4.47 Å². The molecule has 0 heterocycles. The van der Waals surface area contributed by atoms with E-state index in [0.29, 0.717) is 0 Å². The van der Waals surface area contributed by atoms with E-state index in [1.54, 1.807) is 11.8 Å². The molecule has 0 saturated heterocycles. The number of hydrogen-bond acceptors (Lipinski definition) is 1. The fraction of sp³-hybridized carbons (Fsp3) is 0.111. The van der Waals surface area contributed by atoms with Gasteiger partial charge in [0.05, 0.1) is 0 Å². The van der Waals surface area contributed by atoms with Crippen LogP contribution in [0.2, 0.25) is 0 Å². The van der Waals surface area contributed by atoms with E-state index in [1.165, 1.54) is 8.48 Å². The summed E-state index contributed by atoms with van der Waals surface area (Å²) in [6.45, 7) is 0. The van der Waals surface area contributed by atoms with Gasteiger partial charge in [-0.25, -0.2) is 0 Å². The van der Waals surface area contributed by atoms with Gasteiger partial charge < -0.3 is 0 Å². The topological polar surface area (TPSA) is 0 Å². The molecule has 0 atom stereocenters. The lowest BCUT2D eigenvalue weighted by Crippen LogP contribution is -1.71. The maximum atomic E-state index is 3.44. The highest BCUT2D eigenvalue weighted by atomic mass is 127. The van der Waals surface area contributed by atoms with E-state index >= 15 is 0 Å². The summed E-state index contributed by atoms with van der Waals surface area (Å²) in [6.07, 6.45) is 4.24. The first kappa shape index (κ1) is 10.6. The van der Waals surface area contributed by atoms with Gasteiger partial charge in [0.1, 0.15) is 0 Å². The van der Waals surface area contributed by atoms with Crippen LogP contribution >= 0.6 is 50.3 Å². The predicted octanol–water partition coefficient (Wildman–Crippen LogP) is 4.55. The third-order valence-corrected chi connectivity index (χ3v) is 3.96. The van der Waals surface area contributed by atoms with Crippen LogP contribution in [-0.2, 0) is 0 Å². The number of benzene rings is 1. The molecule has 0 amide bonds. The number of thioether (sulfide) groups is 1. The quantitative estimate of drug-likeness (QED) is 0.702. The van der Waals surface area contributed by atoms with Crippen molar-refractivity contribution in [3.63, 3.8) is 0 Å². The number of rotatable bonds is 2. The SMILES string of the molecule is CSC(I)=Cc1cccc(Br)c1. The molecule has 0 fully saturated rings. The molecular formula is C9H8BrIS. The van der Waals surface area contributed by atoms with Crippen molar-refractivity contribution in [2.45, 2.75) is 0 Å². The minimum Gasteiger partial charge on any atom is -0.123 e. The van der Waals surface area contributed by atoms with Crippen molar-refractivity contribution in [3.8, 4) is 0 Å². The van der Waals surface area contributed by atoms with E-state index < -0.39 is 0 Å². The summed E-state index contributed by atoms with van der Waals surface area (Å²) in [6, 6.07) is 8.28. The third kappa shape index (κ3) is 3.49. The van der Waals surface area contributed by atoms with Crippen LogP contribution in [0.4, 0.5) is 0 Å². The Labute approximate surface area is 99.1 Å². The van der Waals surface area contributed by atoms with Crippen molar-refractivity contribution in [1.29, 1.82) is 0 Å². The fourth-order valence-electron chi connectivity index (χ4n) is 0.786. The summed E-state index contributed by atoms with van der Waals surface area (Å²) in [5, 5.41) is 0. The molecule has 0 radical (unpaired) electrons. The summed E-state index contributed by atoms with van der Waals surface area (Å²) in [7, 11) is 0. The molecule has 0 N–H and O–H groups in total. The largest absolute Gasteiger partial charge is 0.123 e. The second-order valence-corrected chi connectivity index (χ2v) is 5.87. The van der Waals surface area contributed by atoms with E-state index in [-0.39, 0.29) is 0 Å². The van der Waals surface area contributed by atoms with Crippen LogP contribution in [0.25, 0.3) is 6.08 Å². The van der Waals surface area contributed by atoms with Crippen molar-refractivity contribution in [2.75, 3.05) is 6.26 Å². The predicted molar refractivity (Wildman–Crippen MR) is 69.7 cm³/mol. The minimum absolute atomic E-state index is 1.13. The third-order valence-electron chi connectivity index (χ3n) is 1.32. The second kappa shape index (κ2) is 5.29. The zero-order valence-electron chi connectivity index (χ0n) is 6.55. The average molecular weight is 355 g/mol. The fourth-order valence-corrected chi connectivity index (χ4v) is 1.82. The number of halogens is 2. The van der Waals surface area contributed by atoms with Crippen LogP contribution in [0, 0.1) is 0 Å². The lowest BCUT2D eigenvalue weighted by atomic mass is 10.2. The highest BCUT2D eigenvalue weighted by Gasteiger charge is 1.91.